The van der Waals surface area contributed by atoms with Gasteiger partial charge in [-0.05, 0) is 47.7 Å². The van der Waals surface area contributed by atoms with Crippen molar-refractivity contribution in [2.75, 3.05) is 31.1 Å². The number of fused-ring (bicyclic) bond motifs is 1. The number of carbonyl (C=O) groups excluding carboxylic acids is 1. The molecular formula is C34H36N6O. The summed E-state index contributed by atoms with van der Waals surface area (Å²) in [6.45, 7) is 11.3. The number of benzene rings is 3. The fourth-order valence-corrected chi connectivity index (χ4v) is 5.32. The smallest absolute Gasteiger partial charge is 0.253 e. The van der Waals surface area contributed by atoms with Crippen molar-refractivity contribution in [3.63, 3.8) is 0 Å². The Balaban J connectivity index is 1.27. The summed E-state index contributed by atoms with van der Waals surface area (Å²) in [6, 6.07) is 26.6. The van der Waals surface area contributed by atoms with Crippen LogP contribution in [0.3, 0.4) is 0 Å². The Kier molecular flexibility index (Phi) is 7.03. The van der Waals surface area contributed by atoms with Crippen LogP contribution in [0.1, 0.15) is 53.6 Å². The normalized spacial score (nSPS) is 14.0. The molecule has 7 heteroatoms. The molecule has 3 aromatic carbocycles. The van der Waals surface area contributed by atoms with Gasteiger partial charge in [0.1, 0.15) is 11.6 Å². The average molecular weight is 545 g/mol. The maximum atomic E-state index is 13.3. The highest BCUT2D eigenvalue weighted by Crippen LogP contribution is 2.28. The highest BCUT2D eigenvalue weighted by Gasteiger charge is 2.26. The van der Waals surface area contributed by atoms with E-state index in [-0.39, 0.29) is 11.3 Å². The van der Waals surface area contributed by atoms with Crippen LogP contribution in [0.2, 0.25) is 0 Å². The summed E-state index contributed by atoms with van der Waals surface area (Å²) in [5, 5.41) is 5.63. The Morgan fingerprint density at radius 2 is 1.51 bits per heavy atom. The lowest BCUT2D eigenvalue weighted by atomic mass is 9.86. The van der Waals surface area contributed by atoms with Gasteiger partial charge in [0, 0.05) is 38.2 Å². The quantitative estimate of drug-likeness (QED) is 0.273. The summed E-state index contributed by atoms with van der Waals surface area (Å²) in [5.74, 6) is 1.71. The van der Waals surface area contributed by atoms with Crippen molar-refractivity contribution in [1.29, 1.82) is 0 Å². The van der Waals surface area contributed by atoms with Crippen molar-refractivity contribution in [1.82, 2.24) is 24.6 Å². The highest BCUT2D eigenvalue weighted by atomic mass is 16.2. The molecule has 1 amide bonds. The molecule has 5 aromatic rings. The van der Waals surface area contributed by atoms with Gasteiger partial charge in [-0.3, -0.25) is 4.79 Å². The Morgan fingerprint density at radius 3 is 2.17 bits per heavy atom. The number of hydrogen-bond donors (Lipinski definition) is 0. The average Bonchev–Trinajstić information content (AvgIpc) is 3.42. The van der Waals surface area contributed by atoms with Crippen molar-refractivity contribution < 1.29 is 4.79 Å². The van der Waals surface area contributed by atoms with Gasteiger partial charge < -0.3 is 9.80 Å². The first-order valence-electron chi connectivity index (χ1n) is 14.3. The van der Waals surface area contributed by atoms with E-state index in [9.17, 15) is 4.79 Å². The molecule has 0 bridgehead atoms. The molecule has 0 spiro atoms. The number of para-hydroxylation sites is 1. The minimum Gasteiger partial charge on any atom is -0.352 e. The lowest BCUT2D eigenvalue weighted by Gasteiger charge is -2.35. The molecule has 7 nitrogen and oxygen atoms in total. The maximum Gasteiger partial charge on any atom is 0.253 e. The van der Waals surface area contributed by atoms with Gasteiger partial charge in [-0.2, -0.15) is 5.10 Å². The Hall–Kier alpha value is -4.52. The summed E-state index contributed by atoms with van der Waals surface area (Å²) in [4.78, 5) is 27.6. The van der Waals surface area contributed by atoms with E-state index in [2.05, 4.69) is 69.0 Å². The van der Waals surface area contributed by atoms with Gasteiger partial charge in [-0.15, -0.1) is 0 Å². The molecule has 0 unspecified atom stereocenters. The number of aryl methyl sites for hydroxylation is 1. The van der Waals surface area contributed by atoms with Gasteiger partial charge in [0.15, 0.2) is 5.65 Å². The van der Waals surface area contributed by atoms with E-state index in [1.807, 2.05) is 58.2 Å². The zero-order valence-electron chi connectivity index (χ0n) is 24.2. The second-order valence-electron chi connectivity index (χ2n) is 11.9. The van der Waals surface area contributed by atoms with Crippen LogP contribution in [0.5, 0.6) is 0 Å². The first-order valence-corrected chi connectivity index (χ1v) is 14.3. The molecule has 0 radical (unpaired) electrons. The molecule has 0 aliphatic carbocycles. The van der Waals surface area contributed by atoms with E-state index in [1.54, 1.807) is 0 Å². The molecule has 1 fully saturated rings. The van der Waals surface area contributed by atoms with Gasteiger partial charge in [-0.25, -0.2) is 14.6 Å². The van der Waals surface area contributed by atoms with Crippen LogP contribution in [0, 0.1) is 6.92 Å². The molecule has 208 valence electrons. The van der Waals surface area contributed by atoms with Crippen LogP contribution >= 0.6 is 0 Å². The maximum absolute atomic E-state index is 13.3. The first kappa shape index (κ1) is 26.7. The van der Waals surface area contributed by atoms with E-state index in [1.165, 1.54) is 16.7 Å². The Morgan fingerprint density at radius 1 is 0.829 bits per heavy atom. The molecule has 0 saturated carbocycles. The molecule has 1 saturated heterocycles. The van der Waals surface area contributed by atoms with Crippen molar-refractivity contribution in [3.05, 3.63) is 113 Å². The van der Waals surface area contributed by atoms with E-state index < -0.39 is 0 Å². The van der Waals surface area contributed by atoms with Crippen molar-refractivity contribution in [3.8, 4) is 5.69 Å². The number of anilines is 1. The summed E-state index contributed by atoms with van der Waals surface area (Å²) in [7, 11) is 0. The lowest BCUT2D eigenvalue weighted by molar-refractivity contribution is 0.0746. The van der Waals surface area contributed by atoms with Gasteiger partial charge in [0.05, 0.1) is 17.3 Å². The monoisotopic (exact) mass is 544 g/mol. The molecular weight excluding hydrogens is 508 g/mol. The number of piperazine rings is 1. The first-order chi connectivity index (χ1) is 19.8. The topological polar surface area (TPSA) is 67.2 Å². The molecule has 1 aliphatic rings. The van der Waals surface area contributed by atoms with Crippen LogP contribution in [0.4, 0.5) is 5.82 Å². The minimum atomic E-state index is 0.0582. The number of hydrogen-bond acceptors (Lipinski definition) is 5. The number of aromatic nitrogens is 4. The van der Waals surface area contributed by atoms with E-state index in [0.717, 1.165) is 33.9 Å². The van der Waals surface area contributed by atoms with Crippen LogP contribution < -0.4 is 4.90 Å². The third kappa shape index (κ3) is 5.57. The predicted octanol–water partition coefficient (Wildman–Crippen LogP) is 5.97. The SMILES string of the molecule is Cc1ccc(Cc2nc(N3CCN(C(=O)c4ccc(C(C)(C)C)cc4)CC3)c3cnn(-c4ccccc4)c3n2)cc1. The van der Waals surface area contributed by atoms with E-state index in [4.69, 9.17) is 15.1 Å². The van der Waals surface area contributed by atoms with E-state index >= 15 is 0 Å². The third-order valence-corrected chi connectivity index (χ3v) is 7.80. The summed E-state index contributed by atoms with van der Waals surface area (Å²) >= 11 is 0. The Bertz CT molecular complexity index is 1660. The van der Waals surface area contributed by atoms with Gasteiger partial charge in [0.2, 0.25) is 0 Å². The third-order valence-electron chi connectivity index (χ3n) is 7.80. The van der Waals surface area contributed by atoms with Crippen LogP contribution in [-0.2, 0) is 11.8 Å². The van der Waals surface area contributed by atoms with Crippen molar-refractivity contribution >= 4 is 22.8 Å². The molecule has 3 heterocycles. The zero-order valence-corrected chi connectivity index (χ0v) is 24.2. The number of rotatable bonds is 5. The Labute approximate surface area is 241 Å². The molecule has 6 rings (SSSR count). The van der Waals surface area contributed by atoms with Crippen molar-refractivity contribution in [2.45, 2.75) is 39.5 Å². The largest absolute Gasteiger partial charge is 0.352 e. The number of nitrogens with zero attached hydrogens (tertiary/aromatic N) is 6. The predicted molar refractivity (Wildman–Crippen MR) is 164 cm³/mol. The minimum absolute atomic E-state index is 0.0582. The van der Waals surface area contributed by atoms with Crippen LogP contribution in [-0.4, -0.2) is 56.7 Å². The second kappa shape index (κ2) is 10.8. The lowest BCUT2D eigenvalue weighted by Crippen LogP contribution is -2.49. The number of amides is 1. The van der Waals surface area contributed by atoms with Crippen molar-refractivity contribution in [2.24, 2.45) is 0 Å². The molecule has 0 N–H and O–H groups in total. The van der Waals surface area contributed by atoms with Gasteiger partial charge in [-0.1, -0.05) is 80.9 Å². The van der Waals surface area contributed by atoms with Gasteiger partial charge >= 0.3 is 0 Å². The van der Waals surface area contributed by atoms with Gasteiger partial charge in [0.25, 0.3) is 5.91 Å². The number of carbonyl (C=O) groups is 1. The molecule has 0 atom stereocenters. The fourth-order valence-electron chi connectivity index (χ4n) is 5.32. The molecule has 2 aromatic heterocycles. The summed E-state index contributed by atoms with van der Waals surface area (Å²) < 4.78 is 1.89. The van der Waals surface area contributed by atoms with Crippen LogP contribution in [0.25, 0.3) is 16.7 Å². The molecule has 41 heavy (non-hydrogen) atoms. The summed E-state index contributed by atoms with van der Waals surface area (Å²) in [5.41, 5.74) is 6.17. The standard InChI is InChI=1S/C34H36N6O/c1-24-10-12-25(13-11-24)22-30-36-31(29-23-35-40(32(29)37-30)28-8-6-5-7-9-28)38-18-20-39(21-19-38)33(41)26-14-16-27(17-15-26)34(2,3)4/h5-17,23H,18-22H2,1-4H3. The summed E-state index contributed by atoms with van der Waals surface area (Å²) in [6.07, 6.45) is 2.49. The molecule has 1 aliphatic heterocycles. The zero-order chi connectivity index (χ0) is 28.6. The van der Waals surface area contributed by atoms with Crippen LogP contribution in [0.15, 0.2) is 85.1 Å². The highest BCUT2D eigenvalue weighted by molar-refractivity contribution is 5.94. The fraction of sp³-hybridized carbons (Fsp3) is 0.294. The second-order valence-corrected chi connectivity index (χ2v) is 11.9. The van der Waals surface area contributed by atoms with E-state index in [0.29, 0.717) is 32.6 Å².